The van der Waals surface area contributed by atoms with Crippen LogP contribution in [0.1, 0.15) is 24.8 Å². The number of carbonyl (C=O) groups is 1. The van der Waals surface area contributed by atoms with Crippen molar-refractivity contribution in [1.29, 1.82) is 0 Å². The molecule has 1 unspecified atom stereocenters. The largest absolute Gasteiger partial charge is 0.370 e. The Balaban J connectivity index is 2.35. The fraction of sp³-hybridized carbons (Fsp3) is 0.214. The van der Waals surface area contributed by atoms with Crippen molar-refractivity contribution in [3.8, 4) is 0 Å². The molecule has 0 aliphatic carbocycles. The van der Waals surface area contributed by atoms with Crippen LogP contribution in [0, 0.1) is 0 Å². The molecule has 16 heavy (non-hydrogen) atoms. The lowest BCUT2D eigenvalue weighted by Gasteiger charge is -2.10. The molecule has 2 N–H and O–H groups in total. The molecule has 2 heteroatoms. The molecule has 0 aliphatic heterocycles. The zero-order valence-corrected chi connectivity index (χ0v) is 9.31. The molecule has 0 aliphatic rings. The lowest BCUT2D eigenvalue weighted by atomic mass is 9.95. The lowest BCUT2D eigenvalue weighted by molar-refractivity contribution is -0.118. The number of hydrogen-bond donors (Lipinski definition) is 1. The highest BCUT2D eigenvalue weighted by Crippen LogP contribution is 2.23. The fourth-order valence-corrected chi connectivity index (χ4v) is 1.93. The van der Waals surface area contributed by atoms with Gasteiger partial charge in [-0.05, 0) is 22.3 Å². The predicted molar refractivity (Wildman–Crippen MR) is 66.2 cm³/mol. The first-order valence-corrected chi connectivity index (χ1v) is 5.44. The van der Waals surface area contributed by atoms with Crippen LogP contribution >= 0.6 is 0 Å². The molecule has 2 nitrogen and oxygen atoms in total. The molecule has 2 rings (SSSR count). The van der Waals surface area contributed by atoms with Crippen LogP contribution in [0.5, 0.6) is 0 Å². The fourth-order valence-electron chi connectivity index (χ4n) is 1.93. The van der Waals surface area contributed by atoms with Crippen LogP contribution in [-0.2, 0) is 4.79 Å². The Morgan fingerprint density at radius 1 is 1.19 bits per heavy atom. The summed E-state index contributed by atoms with van der Waals surface area (Å²) >= 11 is 0. The smallest absolute Gasteiger partial charge is 0.218 e. The number of primary amides is 1. The van der Waals surface area contributed by atoms with Gasteiger partial charge in [-0.25, -0.2) is 0 Å². The Hall–Kier alpha value is -1.83. The second kappa shape index (κ2) is 4.35. The molecule has 0 bridgehead atoms. The summed E-state index contributed by atoms with van der Waals surface area (Å²) in [5, 5.41) is 2.42. The summed E-state index contributed by atoms with van der Waals surface area (Å²) in [5.74, 6) is -0.0669. The number of carbonyl (C=O) groups excluding carboxylic acids is 1. The molecule has 0 spiro atoms. The van der Waals surface area contributed by atoms with E-state index in [0.29, 0.717) is 6.42 Å². The second-order valence-electron chi connectivity index (χ2n) is 4.18. The van der Waals surface area contributed by atoms with E-state index in [1.807, 2.05) is 19.1 Å². The average molecular weight is 213 g/mol. The van der Waals surface area contributed by atoms with Crippen molar-refractivity contribution in [3.05, 3.63) is 48.0 Å². The van der Waals surface area contributed by atoms with Gasteiger partial charge >= 0.3 is 0 Å². The molecule has 1 amide bonds. The van der Waals surface area contributed by atoms with Crippen molar-refractivity contribution < 1.29 is 4.79 Å². The van der Waals surface area contributed by atoms with Crippen LogP contribution in [0.4, 0.5) is 0 Å². The van der Waals surface area contributed by atoms with E-state index in [1.165, 1.54) is 10.8 Å². The molecule has 2 aromatic carbocycles. The van der Waals surface area contributed by atoms with Crippen LogP contribution in [0.15, 0.2) is 42.5 Å². The standard InChI is InChI=1S/C14H15NO/c1-10(8-14(15)16)12-7-6-11-4-2-3-5-13(11)9-12/h2-7,9-10H,8H2,1H3,(H2,15,16). The van der Waals surface area contributed by atoms with E-state index >= 15 is 0 Å². The summed E-state index contributed by atoms with van der Waals surface area (Å²) in [6.07, 6.45) is 0.401. The number of fused-ring (bicyclic) bond motifs is 1. The molecule has 82 valence electrons. The molecule has 0 heterocycles. The Bertz CT molecular complexity index is 519. The van der Waals surface area contributed by atoms with Crippen LogP contribution in [0.25, 0.3) is 10.8 Å². The monoisotopic (exact) mass is 213 g/mol. The summed E-state index contributed by atoms with van der Waals surface area (Å²) in [6, 6.07) is 14.5. The zero-order chi connectivity index (χ0) is 11.5. The minimum absolute atomic E-state index is 0.183. The molecule has 2 aromatic rings. The zero-order valence-electron chi connectivity index (χ0n) is 9.31. The molecular weight excluding hydrogens is 198 g/mol. The SMILES string of the molecule is CC(CC(N)=O)c1ccc2ccccc2c1. The van der Waals surface area contributed by atoms with E-state index in [-0.39, 0.29) is 11.8 Å². The maximum Gasteiger partial charge on any atom is 0.218 e. The van der Waals surface area contributed by atoms with Crippen molar-refractivity contribution in [3.63, 3.8) is 0 Å². The highest BCUT2D eigenvalue weighted by Gasteiger charge is 2.08. The van der Waals surface area contributed by atoms with Gasteiger partial charge < -0.3 is 5.73 Å². The van der Waals surface area contributed by atoms with Gasteiger partial charge in [0.25, 0.3) is 0 Å². The third kappa shape index (κ3) is 2.22. The van der Waals surface area contributed by atoms with E-state index in [4.69, 9.17) is 5.73 Å². The molecule has 0 saturated carbocycles. The maximum atomic E-state index is 10.9. The minimum atomic E-state index is -0.249. The summed E-state index contributed by atoms with van der Waals surface area (Å²) in [6.45, 7) is 2.02. The quantitative estimate of drug-likeness (QED) is 0.837. The van der Waals surface area contributed by atoms with E-state index in [1.54, 1.807) is 0 Å². The van der Waals surface area contributed by atoms with E-state index < -0.39 is 0 Å². The third-order valence-corrected chi connectivity index (χ3v) is 2.85. The van der Waals surface area contributed by atoms with E-state index in [0.717, 1.165) is 5.56 Å². The third-order valence-electron chi connectivity index (χ3n) is 2.85. The maximum absolute atomic E-state index is 10.9. The summed E-state index contributed by atoms with van der Waals surface area (Å²) in [7, 11) is 0. The molecule has 0 aromatic heterocycles. The van der Waals surface area contributed by atoms with Gasteiger partial charge in [0.15, 0.2) is 0 Å². The first kappa shape index (κ1) is 10.7. The van der Waals surface area contributed by atoms with Crippen LogP contribution in [0.2, 0.25) is 0 Å². The highest BCUT2D eigenvalue weighted by atomic mass is 16.1. The molecule has 0 radical (unpaired) electrons. The van der Waals surface area contributed by atoms with Gasteiger partial charge in [-0.3, -0.25) is 4.79 Å². The van der Waals surface area contributed by atoms with Crippen molar-refractivity contribution >= 4 is 16.7 Å². The predicted octanol–water partition coefficient (Wildman–Crippen LogP) is 2.82. The number of rotatable bonds is 3. The normalized spacial score (nSPS) is 12.6. The van der Waals surface area contributed by atoms with Gasteiger partial charge in [0.05, 0.1) is 0 Å². The number of amides is 1. The second-order valence-corrected chi connectivity index (χ2v) is 4.18. The van der Waals surface area contributed by atoms with Crippen molar-refractivity contribution in [2.24, 2.45) is 5.73 Å². The van der Waals surface area contributed by atoms with Gasteiger partial charge in [-0.1, -0.05) is 49.4 Å². The van der Waals surface area contributed by atoms with Crippen LogP contribution in [0.3, 0.4) is 0 Å². The average Bonchev–Trinajstić information content (AvgIpc) is 2.27. The Kier molecular flexibility index (Phi) is 2.91. The van der Waals surface area contributed by atoms with Crippen LogP contribution < -0.4 is 5.73 Å². The molecule has 0 fully saturated rings. The lowest BCUT2D eigenvalue weighted by Crippen LogP contribution is -2.13. The Morgan fingerprint density at radius 2 is 1.88 bits per heavy atom. The first-order chi connectivity index (χ1) is 7.66. The number of benzene rings is 2. The number of nitrogens with two attached hydrogens (primary N) is 1. The Morgan fingerprint density at radius 3 is 2.56 bits per heavy atom. The van der Waals surface area contributed by atoms with Gasteiger partial charge in [0.1, 0.15) is 0 Å². The first-order valence-electron chi connectivity index (χ1n) is 5.44. The Labute approximate surface area is 95.1 Å². The van der Waals surface area contributed by atoms with Gasteiger partial charge in [0, 0.05) is 6.42 Å². The van der Waals surface area contributed by atoms with Gasteiger partial charge in [-0.15, -0.1) is 0 Å². The highest BCUT2D eigenvalue weighted by molar-refractivity contribution is 5.83. The summed E-state index contributed by atoms with van der Waals surface area (Å²) in [4.78, 5) is 10.9. The van der Waals surface area contributed by atoms with Gasteiger partial charge in [0.2, 0.25) is 5.91 Å². The van der Waals surface area contributed by atoms with Crippen LogP contribution in [-0.4, -0.2) is 5.91 Å². The summed E-state index contributed by atoms with van der Waals surface area (Å²) < 4.78 is 0. The minimum Gasteiger partial charge on any atom is -0.370 e. The van der Waals surface area contributed by atoms with E-state index in [9.17, 15) is 4.79 Å². The molecular formula is C14H15NO. The molecule has 0 saturated heterocycles. The topological polar surface area (TPSA) is 43.1 Å². The molecule has 1 atom stereocenters. The number of hydrogen-bond acceptors (Lipinski definition) is 1. The van der Waals surface area contributed by atoms with Crippen molar-refractivity contribution in [1.82, 2.24) is 0 Å². The van der Waals surface area contributed by atoms with Crippen molar-refractivity contribution in [2.75, 3.05) is 0 Å². The van der Waals surface area contributed by atoms with Crippen molar-refractivity contribution in [2.45, 2.75) is 19.3 Å². The van der Waals surface area contributed by atoms with E-state index in [2.05, 4.69) is 30.3 Å². The summed E-state index contributed by atoms with van der Waals surface area (Å²) in [5.41, 5.74) is 6.37. The van der Waals surface area contributed by atoms with Gasteiger partial charge in [-0.2, -0.15) is 0 Å².